The van der Waals surface area contributed by atoms with Gasteiger partial charge in [-0.1, -0.05) is 30.1 Å². The van der Waals surface area contributed by atoms with Gasteiger partial charge in [-0.3, -0.25) is 0 Å². The quantitative estimate of drug-likeness (QED) is 0.589. The molecule has 0 bridgehead atoms. The Morgan fingerprint density at radius 1 is 1.77 bits per heavy atom. The number of nitrogens with one attached hydrogen (secondary N) is 1. The van der Waals surface area contributed by atoms with Gasteiger partial charge in [0, 0.05) is 5.54 Å². The zero-order chi connectivity index (χ0) is 10.3. The van der Waals surface area contributed by atoms with Gasteiger partial charge in [0.05, 0.1) is 10.4 Å². The standard InChI is InChI=1S/C7H11Cl2NO2S/c1-2-6(13)10-7(11)12-4-5(9)3-8/h3,6,13H,2,4H2,1H3,(H,10,11). The molecule has 0 aromatic carbocycles. The molecule has 1 atom stereocenters. The summed E-state index contributed by atoms with van der Waals surface area (Å²) >= 11 is 14.8. The summed E-state index contributed by atoms with van der Waals surface area (Å²) < 4.78 is 4.68. The van der Waals surface area contributed by atoms with E-state index in [4.69, 9.17) is 23.2 Å². The highest BCUT2D eigenvalue weighted by Crippen LogP contribution is 2.03. The van der Waals surface area contributed by atoms with Gasteiger partial charge in [-0.05, 0) is 6.42 Å². The molecule has 0 fully saturated rings. The first-order chi connectivity index (χ1) is 6.10. The van der Waals surface area contributed by atoms with Crippen LogP contribution in [0.1, 0.15) is 13.3 Å². The summed E-state index contributed by atoms with van der Waals surface area (Å²) in [5.74, 6) is 0. The Balaban J connectivity index is 3.63. The van der Waals surface area contributed by atoms with Gasteiger partial charge in [0.15, 0.2) is 0 Å². The van der Waals surface area contributed by atoms with E-state index < -0.39 is 6.09 Å². The van der Waals surface area contributed by atoms with Crippen LogP contribution in [0.15, 0.2) is 10.6 Å². The predicted molar refractivity (Wildman–Crippen MR) is 57.3 cm³/mol. The van der Waals surface area contributed by atoms with Crippen LogP contribution in [0, 0.1) is 0 Å². The Hall–Kier alpha value is -0.0600. The van der Waals surface area contributed by atoms with Crippen molar-refractivity contribution in [1.82, 2.24) is 5.32 Å². The topological polar surface area (TPSA) is 38.3 Å². The summed E-state index contributed by atoms with van der Waals surface area (Å²) in [5, 5.41) is 2.55. The lowest BCUT2D eigenvalue weighted by molar-refractivity contribution is 0.156. The fourth-order valence-corrected chi connectivity index (χ4v) is 0.669. The number of rotatable bonds is 4. The maximum Gasteiger partial charge on any atom is 0.408 e. The smallest absolute Gasteiger partial charge is 0.408 e. The van der Waals surface area contributed by atoms with E-state index in [1.165, 1.54) is 0 Å². The number of carbonyl (C=O) groups is 1. The third-order valence-electron chi connectivity index (χ3n) is 1.13. The Morgan fingerprint density at radius 2 is 2.38 bits per heavy atom. The summed E-state index contributed by atoms with van der Waals surface area (Å²) in [4.78, 5) is 10.9. The van der Waals surface area contributed by atoms with Crippen molar-refractivity contribution in [2.75, 3.05) is 6.61 Å². The van der Waals surface area contributed by atoms with Crippen LogP contribution >= 0.6 is 35.8 Å². The van der Waals surface area contributed by atoms with Crippen molar-refractivity contribution in [3.63, 3.8) is 0 Å². The number of thiol groups is 1. The monoisotopic (exact) mass is 243 g/mol. The Bertz CT molecular complexity index is 199. The van der Waals surface area contributed by atoms with Crippen LogP contribution in [-0.4, -0.2) is 18.1 Å². The van der Waals surface area contributed by atoms with Crippen molar-refractivity contribution in [2.24, 2.45) is 0 Å². The van der Waals surface area contributed by atoms with E-state index in [0.717, 1.165) is 12.0 Å². The zero-order valence-corrected chi connectivity index (χ0v) is 9.49. The minimum Gasteiger partial charge on any atom is -0.444 e. The number of alkyl carbamates (subject to hydrolysis) is 1. The maximum absolute atomic E-state index is 10.9. The molecule has 3 nitrogen and oxygen atoms in total. The SMILES string of the molecule is CCC(S)NC(=O)OCC(Cl)=CCl. The van der Waals surface area contributed by atoms with E-state index in [2.05, 4.69) is 22.7 Å². The molecule has 0 aromatic heterocycles. The molecule has 6 heteroatoms. The molecule has 0 radical (unpaired) electrons. The lowest BCUT2D eigenvalue weighted by Gasteiger charge is -2.10. The van der Waals surface area contributed by atoms with Gasteiger partial charge < -0.3 is 10.1 Å². The van der Waals surface area contributed by atoms with Crippen molar-refractivity contribution < 1.29 is 9.53 Å². The third-order valence-corrected chi connectivity index (χ3v) is 2.22. The Labute approximate surface area is 92.8 Å². The first kappa shape index (κ1) is 12.9. The van der Waals surface area contributed by atoms with Crippen molar-refractivity contribution in [2.45, 2.75) is 18.7 Å². The molecule has 0 aliphatic heterocycles. The first-order valence-corrected chi connectivity index (χ1v) is 4.99. The van der Waals surface area contributed by atoms with Crippen molar-refractivity contribution >= 4 is 41.9 Å². The van der Waals surface area contributed by atoms with Crippen molar-refractivity contribution in [3.8, 4) is 0 Å². The molecule has 0 aliphatic rings. The summed E-state index contributed by atoms with van der Waals surface area (Å²) in [7, 11) is 0. The number of ether oxygens (including phenoxy) is 1. The number of amides is 1. The molecule has 0 heterocycles. The average Bonchev–Trinajstić information content (AvgIpc) is 2.13. The lowest BCUT2D eigenvalue weighted by atomic mass is 10.5. The van der Waals surface area contributed by atoms with Gasteiger partial charge >= 0.3 is 6.09 Å². The van der Waals surface area contributed by atoms with E-state index in [9.17, 15) is 4.79 Å². The van der Waals surface area contributed by atoms with Gasteiger partial charge in [-0.2, -0.15) is 12.6 Å². The maximum atomic E-state index is 10.9. The molecule has 0 saturated carbocycles. The van der Waals surface area contributed by atoms with Gasteiger partial charge in [0.1, 0.15) is 6.61 Å². The fraction of sp³-hybridized carbons (Fsp3) is 0.571. The second-order valence-corrected chi connectivity index (χ2v) is 3.53. The molecule has 0 saturated heterocycles. The van der Waals surface area contributed by atoms with Crippen molar-refractivity contribution in [3.05, 3.63) is 10.6 Å². The molecule has 0 rings (SSSR count). The summed E-state index contributed by atoms with van der Waals surface area (Å²) in [5.41, 5.74) is 1.15. The predicted octanol–water partition coefficient (Wildman–Crippen LogP) is 2.70. The van der Waals surface area contributed by atoms with E-state index in [-0.39, 0.29) is 17.0 Å². The zero-order valence-electron chi connectivity index (χ0n) is 7.09. The average molecular weight is 244 g/mol. The van der Waals surface area contributed by atoms with Crippen LogP contribution in [0.3, 0.4) is 0 Å². The Kier molecular flexibility index (Phi) is 7.32. The molecule has 0 aromatic rings. The van der Waals surface area contributed by atoms with Crippen LogP contribution in [-0.2, 0) is 4.74 Å². The van der Waals surface area contributed by atoms with Crippen LogP contribution in [0.2, 0.25) is 0 Å². The van der Waals surface area contributed by atoms with Crippen LogP contribution in [0.25, 0.3) is 0 Å². The van der Waals surface area contributed by atoms with E-state index in [1.54, 1.807) is 0 Å². The van der Waals surface area contributed by atoms with Crippen LogP contribution in [0.4, 0.5) is 4.79 Å². The number of hydrogen-bond acceptors (Lipinski definition) is 3. The molecule has 76 valence electrons. The molecule has 1 amide bonds. The minimum atomic E-state index is -0.557. The van der Waals surface area contributed by atoms with E-state index in [1.807, 2.05) is 6.92 Å². The number of hydrogen-bond donors (Lipinski definition) is 2. The highest BCUT2D eigenvalue weighted by atomic mass is 35.5. The normalized spacial score (nSPS) is 13.7. The minimum absolute atomic E-state index is 0.0267. The summed E-state index contributed by atoms with van der Waals surface area (Å²) in [6.45, 7) is 1.87. The molecule has 1 unspecified atom stereocenters. The lowest BCUT2D eigenvalue weighted by Crippen LogP contribution is -2.31. The molecular formula is C7H11Cl2NO2S. The third kappa shape index (κ3) is 7.05. The highest BCUT2D eigenvalue weighted by Gasteiger charge is 2.06. The first-order valence-electron chi connectivity index (χ1n) is 3.66. The summed E-state index contributed by atoms with van der Waals surface area (Å²) in [6, 6.07) is 0. The largest absolute Gasteiger partial charge is 0.444 e. The Morgan fingerprint density at radius 3 is 2.85 bits per heavy atom. The fourth-order valence-electron chi connectivity index (χ4n) is 0.446. The van der Waals surface area contributed by atoms with Gasteiger partial charge in [-0.25, -0.2) is 4.79 Å². The van der Waals surface area contributed by atoms with Crippen LogP contribution in [0.5, 0.6) is 0 Å². The van der Waals surface area contributed by atoms with E-state index >= 15 is 0 Å². The molecule has 13 heavy (non-hydrogen) atoms. The molecule has 0 spiro atoms. The number of halogens is 2. The summed E-state index contributed by atoms with van der Waals surface area (Å²) in [6.07, 6.45) is 0.163. The second kappa shape index (κ2) is 7.35. The van der Waals surface area contributed by atoms with Gasteiger partial charge in [0.25, 0.3) is 0 Å². The molecular weight excluding hydrogens is 233 g/mol. The van der Waals surface area contributed by atoms with E-state index in [0.29, 0.717) is 0 Å². The van der Waals surface area contributed by atoms with Crippen molar-refractivity contribution in [1.29, 1.82) is 0 Å². The molecule has 0 aliphatic carbocycles. The van der Waals surface area contributed by atoms with Gasteiger partial charge in [0.2, 0.25) is 0 Å². The second-order valence-electron chi connectivity index (χ2n) is 2.20. The highest BCUT2D eigenvalue weighted by molar-refractivity contribution is 7.80. The van der Waals surface area contributed by atoms with Gasteiger partial charge in [-0.15, -0.1) is 0 Å². The number of carbonyl (C=O) groups excluding carboxylic acids is 1. The molecule has 1 N–H and O–H groups in total. The van der Waals surface area contributed by atoms with Crippen LogP contribution < -0.4 is 5.32 Å².